The summed E-state index contributed by atoms with van der Waals surface area (Å²) in [4.78, 5) is 2.51. The van der Waals surface area contributed by atoms with Crippen molar-refractivity contribution < 1.29 is 4.74 Å². The summed E-state index contributed by atoms with van der Waals surface area (Å²) in [5.41, 5.74) is 6.28. The van der Waals surface area contributed by atoms with Gasteiger partial charge in [-0.3, -0.25) is 4.90 Å². The highest BCUT2D eigenvalue weighted by Gasteiger charge is 2.37. The Morgan fingerprint density at radius 1 is 1.41 bits per heavy atom. The molecule has 0 saturated heterocycles. The average molecular weight is 242 g/mol. The lowest BCUT2D eigenvalue weighted by molar-refractivity contribution is -0.00103. The summed E-state index contributed by atoms with van der Waals surface area (Å²) in [6.07, 6.45) is 6.35. The van der Waals surface area contributed by atoms with E-state index in [1.54, 1.807) is 0 Å². The summed E-state index contributed by atoms with van der Waals surface area (Å²) in [6.45, 7) is 6.51. The van der Waals surface area contributed by atoms with Crippen molar-refractivity contribution in [2.75, 3.05) is 27.2 Å². The molecule has 2 N–H and O–H groups in total. The maximum absolute atomic E-state index is 6.06. The molecular formula is C14H30N2O. The molecule has 0 aromatic rings. The highest BCUT2D eigenvalue weighted by molar-refractivity contribution is 4.95. The molecule has 1 saturated carbocycles. The second-order valence-electron chi connectivity index (χ2n) is 5.76. The van der Waals surface area contributed by atoms with Crippen molar-refractivity contribution >= 4 is 0 Å². The maximum atomic E-state index is 6.06. The zero-order chi connectivity index (χ0) is 12.9. The maximum Gasteiger partial charge on any atom is 0.0572 e. The summed E-state index contributed by atoms with van der Waals surface area (Å²) < 4.78 is 5.45. The van der Waals surface area contributed by atoms with Gasteiger partial charge in [0.1, 0.15) is 0 Å². The van der Waals surface area contributed by atoms with E-state index in [0.717, 1.165) is 31.8 Å². The summed E-state index contributed by atoms with van der Waals surface area (Å²) in [5.74, 6) is 0.753. The smallest absolute Gasteiger partial charge is 0.0572 e. The van der Waals surface area contributed by atoms with Crippen molar-refractivity contribution in [2.45, 2.75) is 57.6 Å². The van der Waals surface area contributed by atoms with Gasteiger partial charge in [0.2, 0.25) is 0 Å². The molecule has 0 aliphatic heterocycles. The predicted molar refractivity (Wildman–Crippen MR) is 73.1 cm³/mol. The van der Waals surface area contributed by atoms with Crippen LogP contribution in [0.2, 0.25) is 0 Å². The average Bonchev–Trinajstić information content (AvgIpc) is 2.38. The van der Waals surface area contributed by atoms with Crippen LogP contribution in [-0.2, 0) is 4.74 Å². The minimum absolute atomic E-state index is 0.221. The summed E-state index contributed by atoms with van der Waals surface area (Å²) in [7, 11) is 4.06. The molecule has 0 bridgehead atoms. The van der Waals surface area contributed by atoms with Gasteiger partial charge >= 0.3 is 0 Å². The van der Waals surface area contributed by atoms with Gasteiger partial charge < -0.3 is 10.5 Å². The summed E-state index contributed by atoms with van der Waals surface area (Å²) >= 11 is 0. The topological polar surface area (TPSA) is 38.5 Å². The molecule has 1 aliphatic carbocycles. The van der Waals surface area contributed by atoms with Crippen LogP contribution in [0.4, 0.5) is 0 Å². The van der Waals surface area contributed by atoms with E-state index in [1.807, 2.05) is 7.11 Å². The van der Waals surface area contributed by atoms with E-state index < -0.39 is 0 Å². The fraction of sp³-hybridized carbons (Fsp3) is 1.00. The van der Waals surface area contributed by atoms with Crippen molar-refractivity contribution in [3.8, 4) is 0 Å². The van der Waals surface area contributed by atoms with E-state index in [4.69, 9.17) is 10.5 Å². The Kier molecular flexibility index (Phi) is 5.90. The van der Waals surface area contributed by atoms with E-state index >= 15 is 0 Å². The monoisotopic (exact) mass is 242 g/mol. The van der Waals surface area contributed by atoms with Crippen LogP contribution in [0.1, 0.15) is 46.0 Å². The van der Waals surface area contributed by atoms with Crippen molar-refractivity contribution in [3.63, 3.8) is 0 Å². The largest absolute Gasteiger partial charge is 0.381 e. The van der Waals surface area contributed by atoms with Crippen LogP contribution in [0.3, 0.4) is 0 Å². The molecule has 0 aromatic heterocycles. The van der Waals surface area contributed by atoms with Gasteiger partial charge in [-0.25, -0.2) is 0 Å². The van der Waals surface area contributed by atoms with Crippen LogP contribution < -0.4 is 5.73 Å². The first-order valence-corrected chi connectivity index (χ1v) is 7.02. The van der Waals surface area contributed by atoms with Crippen LogP contribution in [0.5, 0.6) is 0 Å². The highest BCUT2D eigenvalue weighted by atomic mass is 16.5. The highest BCUT2D eigenvalue weighted by Crippen LogP contribution is 2.33. The van der Waals surface area contributed by atoms with E-state index in [1.165, 1.54) is 19.3 Å². The zero-order valence-corrected chi connectivity index (χ0v) is 12.0. The summed E-state index contributed by atoms with van der Waals surface area (Å²) in [5, 5.41) is 0. The molecular weight excluding hydrogens is 212 g/mol. The van der Waals surface area contributed by atoms with Crippen LogP contribution in [0.15, 0.2) is 0 Å². The quantitative estimate of drug-likeness (QED) is 0.776. The molecule has 0 spiro atoms. The minimum atomic E-state index is 0.221. The van der Waals surface area contributed by atoms with Gasteiger partial charge in [-0.2, -0.15) is 0 Å². The first-order chi connectivity index (χ1) is 8.07. The molecule has 3 nitrogen and oxygen atoms in total. The predicted octanol–water partition coefficient (Wildman–Crippen LogP) is 2.25. The Morgan fingerprint density at radius 3 is 2.41 bits per heavy atom. The molecule has 0 heterocycles. The van der Waals surface area contributed by atoms with Gasteiger partial charge in [-0.15, -0.1) is 0 Å². The lowest BCUT2D eigenvalue weighted by Gasteiger charge is -2.46. The molecule has 0 radical (unpaired) electrons. The number of nitrogens with two attached hydrogens (primary N) is 1. The first kappa shape index (κ1) is 14.9. The number of rotatable bonds is 6. The molecule has 3 heteroatoms. The SMILES string of the molecule is CCC(C)CN(C)C1(CN)CCC(OC)CC1. The molecule has 0 amide bonds. The first-order valence-electron chi connectivity index (χ1n) is 7.02. The Hall–Kier alpha value is -0.120. The van der Waals surface area contributed by atoms with Crippen molar-refractivity contribution in [1.29, 1.82) is 0 Å². The van der Waals surface area contributed by atoms with Gasteiger partial charge in [0, 0.05) is 25.7 Å². The second-order valence-corrected chi connectivity index (χ2v) is 5.76. The van der Waals surface area contributed by atoms with Gasteiger partial charge in [0.05, 0.1) is 6.10 Å². The van der Waals surface area contributed by atoms with Crippen molar-refractivity contribution in [2.24, 2.45) is 11.7 Å². The number of hydrogen-bond acceptors (Lipinski definition) is 3. The summed E-state index contributed by atoms with van der Waals surface area (Å²) in [6, 6.07) is 0. The molecule has 1 rings (SSSR count). The number of ether oxygens (including phenoxy) is 1. The molecule has 17 heavy (non-hydrogen) atoms. The Bertz CT molecular complexity index is 212. The van der Waals surface area contributed by atoms with E-state index in [2.05, 4.69) is 25.8 Å². The van der Waals surface area contributed by atoms with E-state index in [0.29, 0.717) is 6.10 Å². The molecule has 1 aliphatic rings. The standard InChI is InChI=1S/C14H30N2O/c1-5-12(2)10-16(3)14(11-15)8-6-13(17-4)7-9-14/h12-13H,5-11,15H2,1-4H3. The number of likely N-dealkylation sites (N-methyl/N-ethyl adjacent to an activating group) is 1. The number of methoxy groups -OCH3 is 1. The van der Waals surface area contributed by atoms with Crippen LogP contribution in [-0.4, -0.2) is 43.8 Å². The van der Waals surface area contributed by atoms with Crippen molar-refractivity contribution in [1.82, 2.24) is 4.90 Å². The molecule has 0 aromatic carbocycles. The number of hydrogen-bond donors (Lipinski definition) is 1. The van der Waals surface area contributed by atoms with Gasteiger partial charge in [0.15, 0.2) is 0 Å². The van der Waals surface area contributed by atoms with E-state index in [9.17, 15) is 0 Å². The van der Waals surface area contributed by atoms with Gasteiger partial charge in [-0.05, 0) is 38.6 Å². The van der Waals surface area contributed by atoms with Gasteiger partial charge in [-0.1, -0.05) is 20.3 Å². The normalized spacial score (nSPS) is 31.8. The van der Waals surface area contributed by atoms with Gasteiger partial charge in [0.25, 0.3) is 0 Å². The molecule has 1 atom stereocenters. The molecule has 1 unspecified atom stereocenters. The lowest BCUT2D eigenvalue weighted by atomic mass is 9.78. The zero-order valence-electron chi connectivity index (χ0n) is 12.0. The third-order valence-corrected chi connectivity index (χ3v) is 4.67. The third-order valence-electron chi connectivity index (χ3n) is 4.67. The second kappa shape index (κ2) is 6.72. The Morgan fingerprint density at radius 2 is 2.00 bits per heavy atom. The Labute approximate surface area is 107 Å². The molecule has 1 fully saturated rings. The van der Waals surface area contributed by atoms with Crippen LogP contribution >= 0.6 is 0 Å². The number of nitrogens with zero attached hydrogens (tertiary/aromatic N) is 1. The fourth-order valence-corrected chi connectivity index (χ4v) is 2.90. The lowest BCUT2D eigenvalue weighted by Crippen LogP contribution is -2.55. The van der Waals surface area contributed by atoms with Crippen LogP contribution in [0.25, 0.3) is 0 Å². The van der Waals surface area contributed by atoms with E-state index in [-0.39, 0.29) is 5.54 Å². The third kappa shape index (κ3) is 3.67. The van der Waals surface area contributed by atoms with Crippen molar-refractivity contribution in [3.05, 3.63) is 0 Å². The minimum Gasteiger partial charge on any atom is -0.381 e. The Balaban J connectivity index is 2.57. The van der Waals surface area contributed by atoms with Crippen LogP contribution in [0, 0.1) is 5.92 Å². The fourth-order valence-electron chi connectivity index (χ4n) is 2.90. The molecule has 102 valence electrons.